The largest absolute Gasteiger partial charge is 0 e. The van der Waals surface area contributed by atoms with Crippen LogP contribution in [-0.4, -0.2) is 21.1 Å². The Morgan fingerprint density at radius 2 is 1.75 bits per heavy atom. The summed E-state index contributed by atoms with van der Waals surface area (Å²) in [5, 5.41) is 0. The molecule has 0 bridgehead atoms. The van der Waals surface area contributed by atoms with Gasteiger partial charge in [-0.05, 0) is 0 Å². The number of hydrogen-bond acceptors (Lipinski definition) is 0. The first-order valence-electron chi connectivity index (χ1n) is 7.17. The number of allylic oxidation sites excluding steroid dienone is 8. The fourth-order valence-electron chi connectivity index (χ4n) is 4.52. The molecule has 106 valence electrons. The molecule has 0 aromatic rings. The van der Waals surface area contributed by atoms with Crippen molar-refractivity contribution in [3.05, 3.63) is 50.5 Å². The second-order valence-electron chi connectivity index (χ2n) is 6.04. The maximum atomic E-state index is 3.93. The van der Waals surface area contributed by atoms with E-state index in [0.717, 1.165) is 11.8 Å². The molecule has 2 heteroatoms. The molecule has 0 amide bonds. The first kappa shape index (κ1) is 17.5. The van der Waals surface area contributed by atoms with Gasteiger partial charge in [-0.3, -0.25) is 0 Å². The van der Waals surface area contributed by atoms with Crippen LogP contribution in [0.15, 0.2) is 37.0 Å². The van der Waals surface area contributed by atoms with Crippen LogP contribution in [0.5, 0.6) is 0 Å². The van der Waals surface area contributed by atoms with Crippen LogP contribution in [0.2, 0.25) is 4.94 Å². The average molecular weight is 507 g/mol. The Hall–Kier alpha value is 1.10. The van der Waals surface area contributed by atoms with Crippen LogP contribution in [0, 0.1) is 65.7 Å². The van der Waals surface area contributed by atoms with Gasteiger partial charge in [0.2, 0.25) is 0 Å². The van der Waals surface area contributed by atoms with E-state index >= 15 is 0 Å². The molecule has 0 aromatic carbocycles. The SMILES string of the molecule is [CH3-].[CH3][Sn][C]1=[C-]C2CCC3=C(C)C(C)=C4CCC1=C4C32.[Sm]. The Morgan fingerprint density at radius 3 is 2.45 bits per heavy atom. The van der Waals surface area contributed by atoms with E-state index in [0.29, 0.717) is 0 Å². The van der Waals surface area contributed by atoms with Crippen LogP contribution in [-0.2, 0) is 0 Å². The predicted octanol–water partition coefficient (Wildman–Crippen LogP) is 4.65. The van der Waals surface area contributed by atoms with Crippen LogP contribution in [0.1, 0.15) is 39.5 Å². The van der Waals surface area contributed by atoms with Gasteiger partial charge >= 0.3 is 121 Å². The first-order chi connectivity index (χ1) is 8.72. The van der Waals surface area contributed by atoms with Gasteiger partial charge in [0.05, 0.1) is 0 Å². The molecule has 4 aliphatic rings. The van der Waals surface area contributed by atoms with Crippen LogP contribution < -0.4 is 0 Å². The fraction of sp³-hybridized carbons (Fsp3) is 0.500. The van der Waals surface area contributed by atoms with Gasteiger partial charge in [0, 0.05) is 40.4 Å². The minimum Gasteiger partial charge on any atom is 0 e. The Kier molecular flexibility index (Phi) is 5.50. The van der Waals surface area contributed by atoms with Crippen LogP contribution in [0.25, 0.3) is 0 Å². The van der Waals surface area contributed by atoms with Crippen LogP contribution >= 0.6 is 0 Å². The van der Waals surface area contributed by atoms with Crippen molar-refractivity contribution in [3.63, 3.8) is 0 Å². The summed E-state index contributed by atoms with van der Waals surface area (Å²) in [6.45, 7) is 4.73. The Morgan fingerprint density at radius 1 is 1.05 bits per heavy atom. The summed E-state index contributed by atoms with van der Waals surface area (Å²) >= 11 is -0.329. The molecule has 2 unspecified atom stereocenters. The van der Waals surface area contributed by atoms with Gasteiger partial charge in [-0.25, -0.2) is 0 Å². The topological polar surface area (TPSA) is 0 Å². The molecule has 0 nitrogen and oxygen atoms in total. The maximum absolute atomic E-state index is 3.93. The second-order valence-corrected chi connectivity index (χ2v) is 8.89. The van der Waals surface area contributed by atoms with E-state index in [4.69, 9.17) is 0 Å². The van der Waals surface area contributed by atoms with Crippen LogP contribution in [0.4, 0.5) is 0 Å². The monoisotopic (exact) mass is 510 g/mol. The van der Waals surface area contributed by atoms with Crippen molar-refractivity contribution in [1.29, 1.82) is 0 Å². The van der Waals surface area contributed by atoms with Gasteiger partial charge in [0.25, 0.3) is 0 Å². The minimum atomic E-state index is -0.329. The zero-order chi connectivity index (χ0) is 12.4. The molecule has 4 rings (SSSR count). The van der Waals surface area contributed by atoms with E-state index in [1.165, 1.54) is 25.7 Å². The molecule has 1 fully saturated rings. The summed E-state index contributed by atoms with van der Waals surface area (Å²) in [7, 11) is 0. The van der Waals surface area contributed by atoms with E-state index in [1.54, 1.807) is 37.0 Å². The molecule has 0 heterocycles. The molecule has 4 aliphatic carbocycles. The summed E-state index contributed by atoms with van der Waals surface area (Å²) in [5.74, 6) is 1.50. The molecule has 0 aromatic heterocycles. The maximum Gasteiger partial charge on any atom is 0 e. The van der Waals surface area contributed by atoms with Gasteiger partial charge in [0.1, 0.15) is 0 Å². The summed E-state index contributed by atoms with van der Waals surface area (Å²) < 4.78 is 1.72. The molecule has 2 atom stereocenters. The van der Waals surface area contributed by atoms with Crippen molar-refractivity contribution in [2.75, 3.05) is 0 Å². The standard InChI is InChI=1S/C16H16.2CH3.Sm.Sn/c1-9-10(2)14-8-6-12-4-3-11-5-7-13(9)15(11)16(12)14;;;;/h11,15H,5-8H2,1-2H3;2*1H3;;/q-1;;-1;;. The molecule has 0 aliphatic heterocycles. The number of hydrogen-bond donors (Lipinski definition) is 0. The Labute approximate surface area is 166 Å². The normalized spacial score (nSPS) is 30.1. The summed E-state index contributed by atoms with van der Waals surface area (Å²) in [6.07, 6.45) is 9.26. The smallest absolute Gasteiger partial charge is 0 e. The van der Waals surface area contributed by atoms with Crippen molar-refractivity contribution in [1.82, 2.24) is 0 Å². The summed E-state index contributed by atoms with van der Waals surface area (Å²) in [4.78, 5) is 2.47. The third-order valence-corrected chi connectivity index (χ3v) is 8.17. The van der Waals surface area contributed by atoms with Crippen molar-refractivity contribution >= 4 is 21.1 Å². The third-order valence-electron chi connectivity index (χ3n) is 5.47. The zero-order valence-corrected chi connectivity index (χ0v) is 18.4. The third kappa shape index (κ3) is 2.22. The Balaban J connectivity index is 0.000000735. The zero-order valence-electron chi connectivity index (χ0n) is 12.9. The molecular formula is C18H22SmSn-2. The molecular weight excluding hydrogens is 485 g/mol. The molecule has 0 spiro atoms. The summed E-state index contributed by atoms with van der Waals surface area (Å²) in [5.41, 5.74) is 10.3. The van der Waals surface area contributed by atoms with Gasteiger partial charge in [0.15, 0.2) is 0 Å². The van der Waals surface area contributed by atoms with Gasteiger partial charge < -0.3 is 7.43 Å². The van der Waals surface area contributed by atoms with E-state index < -0.39 is 0 Å². The molecule has 0 saturated heterocycles. The number of rotatable bonds is 1. The average Bonchev–Trinajstić information content (AvgIpc) is 2.98. The van der Waals surface area contributed by atoms with Crippen molar-refractivity contribution in [2.24, 2.45) is 11.8 Å². The van der Waals surface area contributed by atoms with Crippen molar-refractivity contribution in [2.45, 2.75) is 44.5 Å². The van der Waals surface area contributed by atoms with E-state index in [2.05, 4.69) is 24.9 Å². The molecule has 0 N–H and O–H groups in total. The van der Waals surface area contributed by atoms with E-state index in [-0.39, 0.29) is 69.0 Å². The predicted molar refractivity (Wildman–Crippen MR) is 82.7 cm³/mol. The second kappa shape index (κ2) is 6.30. The molecule has 2 radical (unpaired) electrons. The Bertz CT molecular complexity index is 574. The van der Waals surface area contributed by atoms with Gasteiger partial charge in [-0.1, -0.05) is 0 Å². The van der Waals surface area contributed by atoms with E-state index in [9.17, 15) is 0 Å². The first-order valence-corrected chi connectivity index (χ1v) is 11.4. The quantitative estimate of drug-likeness (QED) is 0.358. The van der Waals surface area contributed by atoms with Crippen molar-refractivity contribution in [3.8, 4) is 0 Å². The molecule has 1 saturated carbocycles. The van der Waals surface area contributed by atoms with Gasteiger partial charge in [-0.15, -0.1) is 0 Å². The van der Waals surface area contributed by atoms with E-state index in [1.807, 2.05) is 0 Å². The molecule has 20 heavy (non-hydrogen) atoms. The fourth-order valence-corrected chi connectivity index (χ4v) is 7.06. The van der Waals surface area contributed by atoms with Gasteiger partial charge in [-0.2, -0.15) is 0 Å². The van der Waals surface area contributed by atoms with Crippen molar-refractivity contribution < 1.29 is 40.4 Å². The van der Waals surface area contributed by atoms with Crippen LogP contribution in [0.3, 0.4) is 0 Å². The minimum absolute atomic E-state index is 0. The summed E-state index contributed by atoms with van der Waals surface area (Å²) in [6, 6.07) is 0.